The molecule has 0 aliphatic heterocycles. The van der Waals surface area contributed by atoms with E-state index in [0.717, 1.165) is 24.8 Å². The lowest BCUT2D eigenvalue weighted by molar-refractivity contribution is -0.123. The summed E-state index contributed by atoms with van der Waals surface area (Å²) in [4.78, 5) is 12.5. The van der Waals surface area contributed by atoms with Gasteiger partial charge in [-0.25, -0.2) is 8.42 Å². The number of carbonyl (C=O) groups excluding carboxylic acids is 1. The predicted octanol–water partition coefficient (Wildman–Crippen LogP) is 4.23. The van der Waals surface area contributed by atoms with Gasteiger partial charge in [0, 0.05) is 0 Å². The van der Waals surface area contributed by atoms with Crippen LogP contribution in [-0.4, -0.2) is 27.2 Å². The second-order valence-corrected chi connectivity index (χ2v) is 10.2. The van der Waals surface area contributed by atoms with Gasteiger partial charge >= 0.3 is 0 Å². The number of nitrogens with one attached hydrogen (secondary N) is 1. The second-order valence-electron chi connectivity index (χ2n) is 8.25. The van der Waals surface area contributed by atoms with E-state index in [1.165, 1.54) is 21.7 Å². The number of hydrogen-bond donors (Lipinski definition) is 1. The number of rotatable bonds is 8. The first-order valence-corrected chi connectivity index (χ1v) is 12.9. The Kier molecular flexibility index (Phi) is 6.99. The molecule has 33 heavy (non-hydrogen) atoms. The van der Waals surface area contributed by atoms with Crippen LogP contribution < -0.4 is 14.4 Å². The van der Waals surface area contributed by atoms with E-state index < -0.39 is 10.0 Å². The van der Waals surface area contributed by atoms with Crippen LogP contribution in [0.3, 0.4) is 0 Å². The molecular formula is C26H28N2O4S. The average molecular weight is 465 g/mol. The molecule has 0 bridgehead atoms. The fourth-order valence-electron chi connectivity index (χ4n) is 4.15. The lowest BCUT2D eigenvalue weighted by Gasteiger charge is -2.26. The minimum Gasteiger partial charge on any atom is -0.484 e. The van der Waals surface area contributed by atoms with Gasteiger partial charge in [0.15, 0.2) is 6.61 Å². The summed E-state index contributed by atoms with van der Waals surface area (Å²) in [6.07, 6.45) is 4.19. The van der Waals surface area contributed by atoms with E-state index in [-0.39, 0.29) is 25.1 Å². The summed E-state index contributed by atoms with van der Waals surface area (Å²) in [5.74, 6) is 0.328. The molecule has 3 aromatic carbocycles. The summed E-state index contributed by atoms with van der Waals surface area (Å²) in [5.41, 5.74) is 3.90. The summed E-state index contributed by atoms with van der Waals surface area (Å²) in [6.45, 7) is 0.142. The van der Waals surface area contributed by atoms with Gasteiger partial charge in [-0.15, -0.1) is 0 Å². The number of hydrogen-bond acceptors (Lipinski definition) is 4. The molecule has 1 aliphatic carbocycles. The van der Waals surface area contributed by atoms with Crippen molar-refractivity contribution in [2.45, 2.75) is 31.8 Å². The first kappa shape index (κ1) is 22.9. The Hall–Kier alpha value is -3.32. The third kappa shape index (κ3) is 5.93. The van der Waals surface area contributed by atoms with Crippen LogP contribution in [0, 0.1) is 0 Å². The molecule has 0 spiro atoms. The van der Waals surface area contributed by atoms with Gasteiger partial charge in [-0.3, -0.25) is 9.10 Å². The van der Waals surface area contributed by atoms with Crippen molar-refractivity contribution in [1.29, 1.82) is 0 Å². The summed E-state index contributed by atoms with van der Waals surface area (Å²) >= 11 is 0. The smallest absolute Gasteiger partial charge is 0.258 e. The minimum atomic E-state index is -3.47. The lowest BCUT2D eigenvalue weighted by Crippen LogP contribution is -2.34. The minimum absolute atomic E-state index is 0.00901. The molecule has 0 saturated heterocycles. The van der Waals surface area contributed by atoms with Crippen LogP contribution in [0.1, 0.15) is 35.6 Å². The molecule has 3 aromatic rings. The van der Waals surface area contributed by atoms with E-state index >= 15 is 0 Å². The number of carbonyl (C=O) groups is 1. The monoisotopic (exact) mass is 464 g/mol. The van der Waals surface area contributed by atoms with Gasteiger partial charge in [-0.05, 0) is 60.2 Å². The molecule has 1 aliphatic rings. The van der Waals surface area contributed by atoms with Gasteiger partial charge in [-0.1, -0.05) is 54.6 Å². The van der Waals surface area contributed by atoms with E-state index in [1.807, 2.05) is 42.5 Å². The van der Waals surface area contributed by atoms with Crippen molar-refractivity contribution in [2.75, 3.05) is 17.2 Å². The molecule has 172 valence electrons. The van der Waals surface area contributed by atoms with Crippen LogP contribution in [0.25, 0.3) is 0 Å². The van der Waals surface area contributed by atoms with Crippen LogP contribution >= 0.6 is 0 Å². The van der Waals surface area contributed by atoms with Crippen molar-refractivity contribution in [3.63, 3.8) is 0 Å². The molecule has 0 fully saturated rings. The quantitative estimate of drug-likeness (QED) is 0.541. The van der Waals surface area contributed by atoms with Crippen molar-refractivity contribution in [1.82, 2.24) is 5.32 Å². The highest BCUT2D eigenvalue weighted by molar-refractivity contribution is 7.92. The molecule has 0 radical (unpaired) electrons. The van der Waals surface area contributed by atoms with E-state index in [4.69, 9.17) is 4.74 Å². The van der Waals surface area contributed by atoms with Gasteiger partial charge in [-0.2, -0.15) is 0 Å². The van der Waals surface area contributed by atoms with E-state index in [1.54, 1.807) is 24.3 Å². The Labute approximate surface area is 195 Å². The number of aryl methyl sites for hydroxylation is 1. The van der Waals surface area contributed by atoms with Gasteiger partial charge in [0.25, 0.3) is 5.91 Å². The average Bonchev–Trinajstić information content (AvgIpc) is 2.82. The molecule has 4 rings (SSSR count). The van der Waals surface area contributed by atoms with Gasteiger partial charge in [0.2, 0.25) is 10.0 Å². The van der Waals surface area contributed by atoms with E-state index in [2.05, 4.69) is 17.4 Å². The Morgan fingerprint density at radius 2 is 1.70 bits per heavy atom. The summed E-state index contributed by atoms with van der Waals surface area (Å²) in [7, 11) is -3.47. The van der Waals surface area contributed by atoms with Crippen LogP contribution in [0.5, 0.6) is 5.75 Å². The summed E-state index contributed by atoms with van der Waals surface area (Å²) < 4.78 is 31.7. The second kappa shape index (κ2) is 10.1. The van der Waals surface area contributed by atoms with Crippen LogP contribution in [0.15, 0.2) is 78.9 Å². The molecule has 0 saturated carbocycles. The molecular weight excluding hydrogens is 436 g/mol. The maximum Gasteiger partial charge on any atom is 0.258 e. The Bertz CT molecular complexity index is 1190. The highest BCUT2D eigenvalue weighted by atomic mass is 32.2. The maximum atomic E-state index is 12.5. The number of sulfonamides is 1. The Morgan fingerprint density at radius 1 is 1.00 bits per heavy atom. The van der Waals surface area contributed by atoms with Crippen LogP contribution in [-0.2, 0) is 27.8 Å². The molecule has 0 aromatic heterocycles. The van der Waals surface area contributed by atoms with Crippen molar-refractivity contribution in [3.8, 4) is 5.75 Å². The standard InChI is InChI=1S/C26H28N2O4S/c1-33(30,31)28(18-20-8-3-2-4-9-20)22-14-16-23(17-15-22)32-19-26(29)27-25-13-7-11-21-10-5-6-12-24(21)25/h2-6,8-10,12,14-17,25H,7,11,13,18-19H2,1H3,(H,27,29)/t25-/m0/s1. The number of amides is 1. The molecule has 1 amide bonds. The molecule has 7 heteroatoms. The molecule has 0 heterocycles. The van der Waals surface area contributed by atoms with Gasteiger partial charge < -0.3 is 10.1 Å². The largest absolute Gasteiger partial charge is 0.484 e. The highest BCUT2D eigenvalue weighted by Gasteiger charge is 2.22. The number of fused-ring (bicyclic) bond motifs is 1. The summed E-state index contributed by atoms with van der Waals surface area (Å²) in [5, 5.41) is 3.07. The fraction of sp³-hybridized carbons (Fsp3) is 0.269. The maximum absolute atomic E-state index is 12.5. The SMILES string of the molecule is CS(=O)(=O)N(Cc1ccccc1)c1ccc(OCC(=O)N[C@H]2CCCc3ccccc32)cc1. The van der Waals surface area contributed by atoms with Gasteiger partial charge in [0.05, 0.1) is 24.5 Å². The van der Waals surface area contributed by atoms with Crippen LogP contribution in [0.2, 0.25) is 0 Å². The molecule has 6 nitrogen and oxygen atoms in total. The highest BCUT2D eigenvalue weighted by Crippen LogP contribution is 2.29. The zero-order chi connectivity index (χ0) is 23.3. The lowest BCUT2D eigenvalue weighted by atomic mass is 9.88. The van der Waals surface area contributed by atoms with Crippen molar-refractivity contribution >= 4 is 21.6 Å². The third-order valence-corrected chi connectivity index (χ3v) is 6.91. The number of anilines is 1. The van der Waals surface area contributed by atoms with Crippen molar-refractivity contribution in [3.05, 3.63) is 95.6 Å². The number of nitrogens with zero attached hydrogens (tertiary/aromatic N) is 1. The van der Waals surface area contributed by atoms with Crippen molar-refractivity contribution in [2.24, 2.45) is 0 Å². The van der Waals surface area contributed by atoms with E-state index in [9.17, 15) is 13.2 Å². The Balaban J connectivity index is 1.37. The first-order valence-electron chi connectivity index (χ1n) is 11.0. The normalized spacial score (nSPS) is 15.4. The first-order chi connectivity index (χ1) is 15.9. The molecule has 1 N–H and O–H groups in total. The summed E-state index contributed by atoms with van der Waals surface area (Å²) in [6, 6.07) is 24.4. The molecule has 0 unspecified atom stereocenters. The third-order valence-electron chi connectivity index (χ3n) is 5.77. The van der Waals surface area contributed by atoms with Gasteiger partial charge in [0.1, 0.15) is 5.75 Å². The predicted molar refractivity (Wildman–Crippen MR) is 130 cm³/mol. The zero-order valence-electron chi connectivity index (χ0n) is 18.6. The fourth-order valence-corrected chi connectivity index (χ4v) is 5.03. The van der Waals surface area contributed by atoms with Crippen LogP contribution in [0.4, 0.5) is 5.69 Å². The number of benzene rings is 3. The molecule has 1 atom stereocenters. The number of ether oxygens (including phenoxy) is 1. The zero-order valence-corrected chi connectivity index (χ0v) is 19.4. The van der Waals surface area contributed by atoms with E-state index in [0.29, 0.717) is 11.4 Å². The topological polar surface area (TPSA) is 75.7 Å². The Morgan fingerprint density at radius 3 is 2.42 bits per heavy atom. The van der Waals surface area contributed by atoms with Crippen molar-refractivity contribution < 1.29 is 17.9 Å².